The standard InChI is InChI=1S/C18H26ClN3O3S/c1-21(15-7-10-26(24,25)13-15)12-18(23)20-14-5-6-17(16(19)11-14)22-8-3-2-4-9-22/h5-6,11,15H,2-4,7-10,12-13H2,1H3,(H,20,23). The molecule has 0 aromatic heterocycles. The van der Waals surface area contributed by atoms with E-state index in [1.165, 1.54) is 19.3 Å². The van der Waals surface area contributed by atoms with Crippen molar-refractivity contribution < 1.29 is 13.2 Å². The van der Waals surface area contributed by atoms with Gasteiger partial charge in [-0.05, 0) is 50.9 Å². The number of hydrogen-bond donors (Lipinski definition) is 1. The molecule has 1 amide bonds. The number of nitrogens with zero attached hydrogens (tertiary/aromatic N) is 2. The van der Waals surface area contributed by atoms with Crippen LogP contribution in [-0.2, 0) is 14.6 Å². The summed E-state index contributed by atoms with van der Waals surface area (Å²) in [5.41, 5.74) is 1.67. The van der Waals surface area contributed by atoms with E-state index in [0.29, 0.717) is 17.1 Å². The predicted octanol–water partition coefficient (Wildman–Crippen LogP) is 2.39. The van der Waals surface area contributed by atoms with Gasteiger partial charge < -0.3 is 10.2 Å². The van der Waals surface area contributed by atoms with Crippen molar-refractivity contribution >= 4 is 38.7 Å². The van der Waals surface area contributed by atoms with E-state index in [1.807, 2.05) is 17.0 Å². The highest BCUT2D eigenvalue weighted by molar-refractivity contribution is 7.91. The Morgan fingerprint density at radius 1 is 1.31 bits per heavy atom. The first-order valence-corrected chi connectivity index (χ1v) is 11.3. The number of benzene rings is 1. The van der Waals surface area contributed by atoms with Crippen molar-refractivity contribution in [3.8, 4) is 0 Å². The summed E-state index contributed by atoms with van der Waals surface area (Å²) < 4.78 is 23.2. The van der Waals surface area contributed by atoms with Gasteiger partial charge in [-0.3, -0.25) is 9.69 Å². The van der Waals surface area contributed by atoms with Gasteiger partial charge in [0.2, 0.25) is 5.91 Å². The minimum absolute atomic E-state index is 0.0872. The molecule has 0 aliphatic carbocycles. The van der Waals surface area contributed by atoms with E-state index >= 15 is 0 Å². The monoisotopic (exact) mass is 399 g/mol. The zero-order valence-electron chi connectivity index (χ0n) is 15.1. The van der Waals surface area contributed by atoms with Crippen LogP contribution in [0, 0.1) is 0 Å². The summed E-state index contributed by atoms with van der Waals surface area (Å²) in [7, 11) is -1.16. The molecule has 1 aromatic carbocycles. The average molecular weight is 400 g/mol. The van der Waals surface area contributed by atoms with Crippen LogP contribution in [0.2, 0.25) is 5.02 Å². The van der Waals surface area contributed by atoms with Crippen LogP contribution in [0.25, 0.3) is 0 Å². The Bertz CT molecular complexity index is 763. The second kappa shape index (κ2) is 8.15. The molecule has 1 atom stereocenters. The zero-order valence-corrected chi connectivity index (χ0v) is 16.7. The third kappa shape index (κ3) is 4.90. The van der Waals surface area contributed by atoms with Gasteiger partial charge in [-0.1, -0.05) is 11.6 Å². The number of rotatable bonds is 5. The molecular weight excluding hydrogens is 374 g/mol. The minimum atomic E-state index is -2.95. The first kappa shape index (κ1) is 19.5. The highest BCUT2D eigenvalue weighted by atomic mass is 35.5. The van der Waals surface area contributed by atoms with Crippen LogP contribution in [0.5, 0.6) is 0 Å². The Balaban J connectivity index is 1.56. The topological polar surface area (TPSA) is 69.7 Å². The molecule has 1 unspecified atom stereocenters. The maximum absolute atomic E-state index is 12.3. The molecule has 0 bridgehead atoms. The van der Waals surface area contributed by atoms with E-state index in [-0.39, 0.29) is 30.0 Å². The van der Waals surface area contributed by atoms with Crippen LogP contribution >= 0.6 is 11.6 Å². The van der Waals surface area contributed by atoms with Gasteiger partial charge >= 0.3 is 0 Å². The van der Waals surface area contributed by atoms with Crippen molar-refractivity contribution in [1.82, 2.24) is 4.90 Å². The molecule has 2 aliphatic heterocycles. The Hall–Kier alpha value is -1.31. The molecular formula is C18H26ClN3O3S. The number of piperidine rings is 1. The van der Waals surface area contributed by atoms with Crippen molar-refractivity contribution in [3.63, 3.8) is 0 Å². The van der Waals surface area contributed by atoms with Gasteiger partial charge in [-0.15, -0.1) is 0 Å². The third-order valence-electron chi connectivity index (χ3n) is 5.15. The average Bonchev–Trinajstić information content (AvgIpc) is 2.96. The lowest BCUT2D eigenvalue weighted by Crippen LogP contribution is -2.38. The molecule has 1 aromatic rings. The summed E-state index contributed by atoms with van der Waals surface area (Å²) in [4.78, 5) is 16.4. The normalized spacial score (nSPS) is 22.6. The van der Waals surface area contributed by atoms with Gasteiger partial charge in [0.1, 0.15) is 0 Å². The Morgan fingerprint density at radius 2 is 2.04 bits per heavy atom. The smallest absolute Gasteiger partial charge is 0.238 e. The summed E-state index contributed by atoms with van der Waals surface area (Å²) in [5, 5.41) is 3.49. The number of carbonyl (C=O) groups excluding carboxylic acids is 1. The van der Waals surface area contributed by atoms with E-state index in [9.17, 15) is 13.2 Å². The van der Waals surface area contributed by atoms with Crippen molar-refractivity contribution in [1.29, 1.82) is 0 Å². The second-order valence-corrected chi connectivity index (χ2v) is 9.87. The fourth-order valence-corrected chi connectivity index (χ4v) is 5.76. The highest BCUT2D eigenvalue weighted by Crippen LogP contribution is 2.30. The van der Waals surface area contributed by atoms with Crippen molar-refractivity contribution in [2.45, 2.75) is 31.7 Å². The summed E-state index contributed by atoms with van der Waals surface area (Å²) in [5.74, 6) is 0.170. The highest BCUT2D eigenvalue weighted by Gasteiger charge is 2.31. The summed E-state index contributed by atoms with van der Waals surface area (Å²) in [6.45, 7) is 2.19. The van der Waals surface area contributed by atoms with E-state index in [1.54, 1.807) is 13.1 Å². The number of sulfone groups is 1. The molecule has 1 N–H and O–H groups in total. The van der Waals surface area contributed by atoms with Crippen LogP contribution < -0.4 is 10.2 Å². The lowest BCUT2D eigenvalue weighted by Gasteiger charge is -2.29. The lowest BCUT2D eigenvalue weighted by atomic mass is 10.1. The minimum Gasteiger partial charge on any atom is -0.370 e. The van der Waals surface area contributed by atoms with Crippen molar-refractivity contribution in [2.24, 2.45) is 0 Å². The predicted molar refractivity (Wildman–Crippen MR) is 106 cm³/mol. The van der Waals surface area contributed by atoms with Gasteiger partial charge in [-0.2, -0.15) is 0 Å². The zero-order chi connectivity index (χ0) is 18.7. The maximum atomic E-state index is 12.3. The number of anilines is 2. The molecule has 2 saturated heterocycles. The van der Waals surface area contributed by atoms with E-state index in [0.717, 1.165) is 18.8 Å². The molecule has 144 valence electrons. The van der Waals surface area contributed by atoms with Gasteiger partial charge in [0.05, 0.1) is 28.8 Å². The number of halogens is 1. The second-order valence-electron chi connectivity index (χ2n) is 7.23. The Morgan fingerprint density at radius 3 is 2.65 bits per heavy atom. The largest absolute Gasteiger partial charge is 0.370 e. The van der Waals surface area contributed by atoms with Gasteiger partial charge in [0, 0.05) is 24.8 Å². The Kier molecular flexibility index (Phi) is 6.10. The van der Waals surface area contributed by atoms with Crippen LogP contribution in [0.1, 0.15) is 25.7 Å². The number of likely N-dealkylation sites (N-methyl/N-ethyl adjacent to an activating group) is 1. The lowest BCUT2D eigenvalue weighted by molar-refractivity contribution is -0.117. The number of hydrogen-bond acceptors (Lipinski definition) is 5. The molecule has 0 spiro atoms. The Labute approximate surface area is 160 Å². The van der Waals surface area contributed by atoms with Crippen LogP contribution in [0.3, 0.4) is 0 Å². The maximum Gasteiger partial charge on any atom is 0.238 e. The van der Waals surface area contributed by atoms with E-state index in [4.69, 9.17) is 11.6 Å². The number of amides is 1. The molecule has 0 radical (unpaired) electrons. The number of nitrogens with one attached hydrogen (secondary N) is 1. The molecule has 6 nitrogen and oxygen atoms in total. The fourth-order valence-electron chi connectivity index (χ4n) is 3.66. The third-order valence-corrected chi connectivity index (χ3v) is 7.21. The summed E-state index contributed by atoms with van der Waals surface area (Å²) >= 11 is 6.42. The first-order valence-electron chi connectivity index (χ1n) is 9.09. The van der Waals surface area contributed by atoms with E-state index < -0.39 is 9.84 Å². The summed E-state index contributed by atoms with van der Waals surface area (Å²) in [6.07, 6.45) is 4.20. The van der Waals surface area contributed by atoms with Crippen LogP contribution in [0.4, 0.5) is 11.4 Å². The summed E-state index contributed by atoms with van der Waals surface area (Å²) in [6, 6.07) is 5.52. The quantitative estimate of drug-likeness (QED) is 0.823. The molecule has 2 fully saturated rings. The molecule has 3 rings (SSSR count). The molecule has 8 heteroatoms. The van der Waals surface area contributed by atoms with Gasteiger partial charge in [-0.25, -0.2) is 8.42 Å². The van der Waals surface area contributed by atoms with Gasteiger partial charge in [0.15, 0.2) is 9.84 Å². The molecule has 0 saturated carbocycles. The fraction of sp³-hybridized carbons (Fsp3) is 0.611. The molecule has 2 aliphatic rings. The van der Waals surface area contributed by atoms with Crippen LogP contribution in [-0.4, -0.2) is 63.5 Å². The molecule has 2 heterocycles. The SMILES string of the molecule is CN(CC(=O)Nc1ccc(N2CCCCC2)c(Cl)c1)C1CCS(=O)(=O)C1. The van der Waals surface area contributed by atoms with E-state index in [2.05, 4.69) is 10.2 Å². The van der Waals surface area contributed by atoms with Crippen molar-refractivity contribution in [3.05, 3.63) is 23.2 Å². The van der Waals surface area contributed by atoms with Crippen LogP contribution in [0.15, 0.2) is 18.2 Å². The van der Waals surface area contributed by atoms with Gasteiger partial charge in [0.25, 0.3) is 0 Å². The van der Waals surface area contributed by atoms with Crippen molar-refractivity contribution in [2.75, 3.05) is 48.4 Å². The molecule has 26 heavy (non-hydrogen) atoms. The number of carbonyl (C=O) groups is 1. The first-order chi connectivity index (χ1) is 12.3.